The van der Waals surface area contributed by atoms with Gasteiger partial charge in [0.05, 0.1) is 5.69 Å². The summed E-state index contributed by atoms with van der Waals surface area (Å²) in [5.74, 6) is 0.803. The molecule has 2 aromatic rings. The third-order valence-corrected chi connectivity index (χ3v) is 1.79. The molecule has 5 nitrogen and oxygen atoms in total. The number of nitrogens with zero attached hydrogens (tertiary/aromatic N) is 4. The maximum atomic E-state index is 8.76. The Morgan fingerprint density at radius 2 is 2.21 bits per heavy atom. The van der Waals surface area contributed by atoms with Crippen molar-refractivity contribution in [3.63, 3.8) is 0 Å². The molecule has 0 aromatic carbocycles. The van der Waals surface area contributed by atoms with E-state index in [1.807, 2.05) is 6.07 Å². The number of nitrogens with two attached hydrogens (primary N) is 1. The molecule has 0 unspecified atom stereocenters. The Kier molecular flexibility index (Phi) is 1.88. The third-order valence-electron chi connectivity index (χ3n) is 1.79. The summed E-state index contributed by atoms with van der Waals surface area (Å²) in [5.41, 5.74) is 6.23. The number of aromatic nitrogens is 3. The zero-order valence-corrected chi connectivity index (χ0v) is 7.25. The monoisotopic (exact) mass is 185 g/mol. The molecule has 5 heteroatoms. The van der Waals surface area contributed by atoms with Gasteiger partial charge in [0, 0.05) is 18.6 Å². The molecule has 0 bridgehead atoms. The quantitative estimate of drug-likeness (QED) is 0.709. The highest BCUT2D eigenvalue weighted by Crippen LogP contribution is 2.14. The van der Waals surface area contributed by atoms with Crippen LogP contribution in [0.4, 0.5) is 5.69 Å². The Morgan fingerprint density at radius 1 is 1.36 bits per heavy atom. The molecule has 2 aromatic heterocycles. The molecule has 0 saturated heterocycles. The van der Waals surface area contributed by atoms with E-state index in [-0.39, 0.29) is 5.82 Å². The zero-order chi connectivity index (χ0) is 9.97. The molecule has 68 valence electrons. The van der Waals surface area contributed by atoms with Crippen LogP contribution in [0.3, 0.4) is 0 Å². The number of rotatable bonds is 1. The predicted molar refractivity (Wildman–Crippen MR) is 50.5 cm³/mol. The van der Waals surface area contributed by atoms with Crippen molar-refractivity contribution in [1.82, 2.24) is 14.5 Å². The SMILES string of the molecule is N#Cc1nccn1-c1ncccc1N. The molecule has 0 atom stereocenters. The van der Waals surface area contributed by atoms with Crippen molar-refractivity contribution in [3.8, 4) is 11.9 Å². The fourth-order valence-corrected chi connectivity index (χ4v) is 1.17. The van der Waals surface area contributed by atoms with Crippen molar-refractivity contribution in [1.29, 1.82) is 5.26 Å². The first-order valence-electron chi connectivity index (χ1n) is 3.97. The van der Waals surface area contributed by atoms with Gasteiger partial charge in [0.25, 0.3) is 0 Å². The van der Waals surface area contributed by atoms with Crippen molar-refractivity contribution >= 4 is 5.69 Å². The number of anilines is 1. The van der Waals surface area contributed by atoms with E-state index in [2.05, 4.69) is 9.97 Å². The van der Waals surface area contributed by atoms with Gasteiger partial charge in [0.2, 0.25) is 5.82 Å². The molecule has 0 saturated carbocycles. The minimum Gasteiger partial charge on any atom is -0.396 e. The summed E-state index contributed by atoms with van der Waals surface area (Å²) >= 11 is 0. The lowest BCUT2D eigenvalue weighted by Crippen LogP contribution is -2.03. The lowest BCUT2D eigenvalue weighted by Gasteiger charge is -2.04. The first kappa shape index (κ1) is 8.26. The van der Waals surface area contributed by atoms with Crippen LogP contribution in [-0.4, -0.2) is 14.5 Å². The van der Waals surface area contributed by atoms with Gasteiger partial charge in [-0.05, 0) is 12.1 Å². The van der Waals surface area contributed by atoms with Crippen LogP contribution in [0, 0.1) is 11.3 Å². The first-order valence-corrected chi connectivity index (χ1v) is 3.97. The Bertz CT molecular complexity index is 494. The van der Waals surface area contributed by atoms with Crippen LogP contribution in [0.1, 0.15) is 5.82 Å². The Labute approximate surface area is 80.4 Å². The Morgan fingerprint density at radius 3 is 2.93 bits per heavy atom. The molecule has 2 heterocycles. The largest absolute Gasteiger partial charge is 0.396 e. The minimum absolute atomic E-state index is 0.274. The molecule has 0 radical (unpaired) electrons. The molecular weight excluding hydrogens is 178 g/mol. The van der Waals surface area contributed by atoms with Gasteiger partial charge in [0.1, 0.15) is 6.07 Å². The second-order valence-electron chi connectivity index (χ2n) is 2.65. The summed E-state index contributed by atoms with van der Waals surface area (Å²) in [5, 5.41) is 8.76. The number of imidazole rings is 1. The lowest BCUT2D eigenvalue weighted by atomic mass is 10.4. The van der Waals surface area contributed by atoms with E-state index in [0.29, 0.717) is 11.5 Å². The van der Waals surface area contributed by atoms with E-state index >= 15 is 0 Å². The normalized spacial score (nSPS) is 9.64. The molecule has 0 aliphatic heterocycles. The summed E-state index contributed by atoms with van der Waals surface area (Å²) in [7, 11) is 0. The van der Waals surface area contributed by atoms with E-state index in [1.54, 1.807) is 29.1 Å². The van der Waals surface area contributed by atoms with Gasteiger partial charge in [-0.1, -0.05) is 0 Å². The lowest BCUT2D eigenvalue weighted by molar-refractivity contribution is 0.971. The van der Waals surface area contributed by atoms with Gasteiger partial charge in [-0.25, -0.2) is 9.97 Å². The maximum Gasteiger partial charge on any atom is 0.218 e. The molecular formula is C9H7N5. The highest BCUT2D eigenvalue weighted by molar-refractivity contribution is 5.53. The second kappa shape index (κ2) is 3.18. The molecule has 0 spiro atoms. The smallest absolute Gasteiger partial charge is 0.218 e. The van der Waals surface area contributed by atoms with E-state index in [0.717, 1.165) is 0 Å². The molecule has 0 aliphatic carbocycles. The number of pyridine rings is 1. The number of nitrogen functional groups attached to an aromatic ring is 1. The van der Waals surface area contributed by atoms with Crippen molar-refractivity contribution in [3.05, 3.63) is 36.5 Å². The first-order chi connectivity index (χ1) is 6.83. The van der Waals surface area contributed by atoms with Gasteiger partial charge >= 0.3 is 0 Å². The van der Waals surface area contributed by atoms with Crippen molar-refractivity contribution in [2.24, 2.45) is 0 Å². The van der Waals surface area contributed by atoms with Crippen LogP contribution >= 0.6 is 0 Å². The van der Waals surface area contributed by atoms with E-state index in [4.69, 9.17) is 11.0 Å². The van der Waals surface area contributed by atoms with Crippen LogP contribution in [0.5, 0.6) is 0 Å². The highest BCUT2D eigenvalue weighted by Gasteiger charge is 2.06. The van der Waals surface area contributed by atoms with Crippen LogP contribution in [-0.2, 0) is 0 Å². The average Bonchev–Trinajstić information content (AvgIpc) is 2.66. The third kappa shape index (κ3) is 1.19. The Hall–Kier alpha value is -2.35. The van der Waals surface area contributed by atoms with Crippen molar-refractivity contribution in [2.75, 3.05) is 5.73 Å². The minimum atomic E-state index is 0.274. The van der Waals surface area contributed by atoms with Gasteiger partial charge in [-0.2, -0.15) is 5.26 Å². The van der Waals surface area contributed by atoms with Crippen LogP contribution in [0.25, 0.3) is 5.82 Å². The van der Waals surface area contributed by atoms with Gasteiger partial charge in [-0.15, -0.1) is 0 Å². The van der Waals surface area contributed by atoms with Crippen molar-refractivity contribution < 1.29 is 0 Å². The topological polar surface area (TPSA) is 80.5 Å². The molecule has 0 fully saturated rings. The van der Waals surface area contributed by atoms with Crippen LogP contribution in [0.15, 0.2) is 30.7 Å². The summed E-state index contributed by atoms with van der Waals surface area (Å²) in [6.45, 7) is 0. The van der Waals surface area contributed by atoms with Crippen LogP contribution in [0.2, 0.25) is 0 Å². The standard InChI is InChI=1S/C9H7N5/c10-6-8-12-4-5-14(8)9-7(11)2-1-3-13-9/h1-5H,11H2. The predicted octanol–water partition coefficient (Wildman–Crippen LogP) is 0.721. The number of hydrogen-bond acceptors (Lipinski definition) is 4. The van der Waals surface area contributed by atoms with Crippen LogP contribution < -0.4 is 5.73 Å². The Balaban J connectivity index is 2.62. The fraction of sp³-hybridized carbons (Fsp3) is 0. The van der Waals surface area contributed by atoms with E-state index in [1.165, 1.54) is 6.20 Å². The molecule has 14 heavy (non-hydrogen) atoms. The molecule has 2 N–H and O–H groups in total. The maximum absolute atomic E-state index is 8.76. The molecule has 2 rings (SSSR count). The summed E-state index contributed by atoms with van der Waals surface area (Å²) < 4.78 is 1.55. The zero-order valence-electron chi connectivity index (χ0n) is 7.25. The van der Waals surface area contributed by atoms with E-state index in [9.17, 15) is 0 Å². The summed E-state index contributed by atoms with van der Waals surface area (Å²) in [6.07, 6.45) is 4.80. The second-order valence-corrected chi connectivity index (χ2v) is 2.65. The summed E-state index contributed by atoms with van der Waals surface area (Å²) in [4.78, 5) is 7.93. The molecule has 0 aliphatic rings. The summed E-state index contributed by atoms with van der Waals surface area (Å²) in [6, 6.07) is 5.42. The highest BCUT2D eigenvalue weighted by atomic mass is 15.1. The van der Waals surface area contributed by atoms with Gasteiger partial charge in [0.15, 0.2) is 5.82 Å². The average molecular weight is 185 g/mol. The number of hydrogen-bond donors (Lipinski definition) is 1. The van der Waals surface area contributed by atoms with Gasteiger partial charge in [-0.3, -0.25) is 4.57 Å². The number of nitriles is 1. The van der Waals surface area contributed by atoms with Gasteiger partial charge < -0.3 is 5.73 Å². The van der Waals surface area contributed by atoms with Crippen molar-refractivity contribution in [2.45, 2.75) is 0 Å². The van der Waals surface area contributed by atoms with E-state index < -0.39 is 0 Å². The molecule has 0 amide bonds. The fourth-order valence-electron chi connectivity index (χ4n) is 1.17.